The van der Waals surface area contributed by atoms with Crippen LogP contribution in [0.5, 0.6) is 5.75 Å². The summed E-state index contributed by atoms with van der Waals surface area (Å²) in [5, 5.41) is 0.235. The number of hydrogen-bond acceptors (Lipinski definition) is 4. The minimum Gasteiger partial charge on any atom is -0.494 e. The van der Waals surface area contributed by atoms with Gasteiger partial charge in [0.15, 0.2) is 17.3 Å². The first-order chi connectivity index (χ1) is 9.51. The summed E-state index contributed by atoms with van der Waals surface area (Å²) in [5.74, 6) is -1.03. The Morgan fingerprint density at radius 3 is 2.90 bits per heavy atom. The summed E-state index contributed by atoms with van der Waals surface area (Å²) >= 11 is 5.70. The van der Waals surface area contributed by atoms with E-state index in [2.05, 4.69) is 4.98 Å². The van der Waals surface area contributed by atoms with Crippen molar-refractivity contribution in [1.82, 2.24) is 9.55 Å². The molecule has 104 valence electrons. The molecule has 2 rings (SSSR count). The highest BCUT2D eigenvalue weighted by Crippen LogP contribution is 2.18. The number of Topliss-reactive ketones (excluding diaryl/α,β-unsaturated/α-hetero) is 1. The maximum atomic E-state index is 13.5. The highest BCUT2D eigenvalue weighted by atomic mass is 35.5. The van der Waals surface area contributed by atoms with E-state index in [1.54, 1.807) is 0 Å². The SMILES string of the molecule is COc1ccc(C(=O)Cn2cc(Cl)cnc2=O)cc1F. The van der Waals surface area contributed by atoms with Gasteiger partial charge in [-0.2, -0.15) is 0 Å². The molecule has 7 heteroatoms. The molecule has 0 saturated carbocycles. The molecule has 0 fully saturated rings. The first-order valence-electron chi connectivity index (χ1n) is 5.60. The topological polar surface area (TPSA) is 61.2 Å². The minimum atomic E-state index is -0.644. The fourth-order valence-electron chi connectivity index (χ4n) is 1.63. The van der Waals surface area contributed by atoms with Gasteiger partial charge in [0.1, 0.15) is 0 Å². The van der Waals surface area contributed by atoms with E-state index < -0.39 is 17.3 Å². The van der Waals surface area contributed by atoms with Crippen molar-refractivity contribution >= 4 is 17.4 Å². The van der Waals surface area contributed by atoms with Gasteiger partial charge in [-0.15, -0.1) is 0 Å². The Kier molecular flexibility index (Phi) is 4.14. The first-order valence-corrected chi connectivity index (χ1v) is 5.98. The largest absolute Gasteiger partial charge is 0.494 e. The molecule has 2 aromatic rings. The van der Waals surface area contributed by atoms with Crippen LogP contribution in [0.1, 0.15) is 10.4 Å². The lowest BCUT2D eigenvalue weighted by atomic mass is 10.1. The van der Waals surface area contributed by atoms with Crippen molar-refractivity contribution in [2.45, 2.75) is 6.54 Å². The van der Waals surface area contributed by atoms with E-state index in [4.69, 9.17) is 16.3 Å². The molecule has 0 bridgehead atoms. The van der Waals surface area contributed by atoms with Crippen LogP contribution in [0.2, 0.25) is 5.02 Å². The van der Waals surface area contributed by atoms with Crippen molar-refractivity contribution in [3.63, 3.8) is 0 Å². The molecule has 0 atom stereocenters. The molecule has 1 heterocycles. The second-order valence-electron chi connectivity index (χ2n) is 3.96. The number of ketones is 1. The number of aromatic nitrogens is 2. The molecule has 0 spiro atoms. The van der Waals surface area contributed by atoms with Gasteiger partial charge in [-0.1, -0.05) is 11.6 Å². The Labute approximate surface area is 118 Å². The molecule has 0 aliphatic heterocycles. The summed E-state index contributed by atoms with van der Waals surface area (Å²) in [6, 6.07) is 3.83. The molecule has 20 heavy (non-hydrogen) atoms. The number of benzene rings is 1. The van der Waals surface area contributed by atoms with Gasteiger partial charge < -0.3 is 4.74 Å². The van der Waals surface area contributed by atoms with Crippen LogP contribution in [0.4, 0.5) is 4.39 Å². The van der Waals surface area contributed by atoms with E-state index in [9.17, 15) is 14.0 Å². The fraction of sp³-hybridized carbons (Fsp3) is 0.154. The van der Waals surface area contributed by atoms with Gasteiger partial charge in [-0.05, 0) is 18.2 Å². The van der Waals surface area contributed by atoms with Gasteiger partial charge in [0, 0.05) is 11.8 Å². The minimum absolute atomic E-state index is 0.0446. The Morgan fingerprint density at radius 1 is 1.50 bits per heavy atom. The number of halogens is 2. The molecule has 0 aliphatic carbocycles. The van der Waals surface area contributed by atoms with E-state index >= 15 is 0 Å². The number of nitrogens with zero attached hydrogens (tertiary/aromatic N) is 2. The lowest BCUT2D eigenvalue weighted by Gasteiger charge is -2.06. The molecule has 0 aliphatic rings. The van der Waals surface area contributed by atoms with Crippen molar-refractivity contribution in [2.24, 2.45) is 0 Å². The number of carbonyl (C=O) groups is 1. The number of ether oxygens (including phenoxy) is 1. The molecular weight excluding hydrogens is 287 g/mol. The van der Waals surface area contributed by atoms with Crippen molar-refractivity contribution in [2.75, 3.05) is 7.11 Å². The van der Waals surface area contributed by atoms with Crippen LogP contribution in [0, 0.1) is 5.82 Å². The van der Waals surface area contributed by atoms with E-state index in [1.165, 1.54) is 31.6 Å². The number of hydrogen-bond donors (Lipinski definition) is 0. The number of rotatable bonds is 4. The summed E-state index contributed by atoms with van der Waals surface area (Å²) in [7, 11) is 1.33. The zero-order chi connectivity index (χ0) is 14.7. The Balaban J connectivity index is 2.26. The third-order valence-corrected chi connectivity index (χ3v) is 2.81. The van der Waals surface area contributed by atoms with E-state index in [1.807, 2.05) is 0 Å². The molecule has 0 saturated heterocycles. The maximum Gasteiger partial charge on any atom is 0.348 e. The molecule has 0 unspecified atom stereocenters. The van der Waals surface area contributed by atoms with Crippen LogP contribution >= 0.6 is 11.6 Å². The quantitative estimate of drug-likeness (QED) is 0.809. The molecule has 0 radical (unpaired) electrons. The first kappa shape index (κ1) is 14.2. The smallest absolute Gasteiger partial charge is 0.348 e. The van der Waals surface area contributed by atoms with Crippen molar-refractivity contribution in [3.8, 4) is 5.75 Å². The molecule has 5 nitrogen and oxygen atoms in total. The zero-order valence-corrected chi connectivity index (χ0v) is 11.2. The number of carbonyl (C=O) groups excluding carboxylic acids is 1. The molecule has 0 amide bonds. The highest BCUT2D eigenvalue weighted by molar-refractivity contribution is 6.30. The third-order valence-electron chi connectivity index (χ3n) is 2.61. The Bertz CT molecular complexity index is 715. The molecule has 0 N–H and O–H groups in total. The van der Waals surface area contributed by atoms with E-state index in [0.29, 0.717) is 0 Å². The van der Waals surface area contributed by atoms with Crippen LogP contribution in [0.3, 0.4) is 0 Å². The highest BCUT2D eigenvalue weighted by Gasteiger charge is 2.12. The zero-order valence-electron chi connectivity index (χ0n) is 10.5. The maximum absolute atomic E-state index is 13.5. The average molecular weight is 297 g/mol. The molecule has 1 aromatic carbocycles. The van der Waals surface area contributed by atoms with Crippen molar-refractivity contribution in [1.29, 1.82) is 0 Å². The standard InChI is InChI=1S/C13H10ClFN2O3/c1-20-12-3-2-8(4-10(12)15)11(18)7-17-6-9(14)5-16-13(17)19/h2-6H,7H2,1H3. The molecular formula is C13H10ClFN2O3. The normalized spacial score (nSPS) is 10.3. The summed E-state index contributed by atoms with van der Waals surface area (Å²) in [6.07, 6.45) is 2.49. The predicted octanol–water partition coefficient (Wildman–Crippen LogP) is 1.93. The van der Waals surface area contributed by atoms with E-state index in [-0.39, 0.29) is 22.9 Å². The third kappa shape index (κ3) is 3.03. The molecule has 1 aromatic heterocycles. The van der Waals surface area contributed by atoms with Crippen molar-refractivity contribution < 1.29 is 13.9 Å². The van der Waals surface area contributed by atoms with Gasteiger partial charge >= 0.3 is 5.69 Å². The summed E-state index contributed by atoms with van der Waals surface area (Å²) < 4.78 is 19.3. The van der Waals surface area contributed by atoms with Gasteiger partial charge in [0.25, 0.3) is 0 Å². The fourth-order valence-corrected chi connectivity index (χ4v) is 1.79. The van der Waals surface area contributed by atoms with Crippen molar-refractivity contribution in [3.05, 3.63) is 57.5 Å². The van der Waals surface area contributed by atoms with Crippen LogP contribution in [0.15, 0.2) is 35.4 Å². The second kappa shape index (κ2) is 5.83. The van der Waals surface area contributed by atoms with Gasteiger partial charge in [-0.3, -0.25) is 9.36 Å². The lowest BCUT2D eigenvalue weighted by Crippen LogP contribution is -2.25. The second-order valence-corrected chi connectivity index (χ2v) is 4.39. The van der Waals surface area contributed by atoms with Gasteiger partial charge in [0.05, 0.1) is 24.9 Å². The van der Waals surface area contributed by atoms with Crippen LogP contribution < -0.4 is 10.4 Å². The summed E-state index contributed by atoms with van der Waals surface area (Å²) in [4.78, 5) is 26.9. The monoisotopic (exact) mass is 296 g/mol. The van der Waals surface area contributed by atoms with Gasteiger partial charge in [-0.25, -0.2) is 14.2 Å². The van der Waals surface area contributed by atoms with Gasteiger partial charge in [0.2, 0.25) is 0 Å². The van der Waals surface area contributed by atoms with Crippen LogP contribution in [-0.4, -0.2) is 22.4 Å². The lowest BCUT2D eigenvalue weighted by molar-refractivity contribution is 0.0970. The van der Waals surface area contributed by atoms with Crippen LogP contribution in [0.25, 0.3) is 0 Å². The Morgan fingerprint density at radius 2 is 2.25 bits per heavy atom. The predicted molar refractivity (Wildman–Crippen MR) is 70.8 cm³/mol. The number of methoxy groups -OCH3 is 1. The summed E-state index contributed by atoms with van der Waals surface area (Å²) in [6.45, 7) is -0.266. The average Bonchev–Trinajstić information content (AvgIpc) is 2.42. The van der Waals surface area contributed by atoms with Crippen LogP contribution in [-0.2, 0) is 6.54 Å². The van der Waals surface area contributed by atoms with E-state index in [0.717, 1.165) is 10.6 Å². The Hall–Kier alpha value is -2.21. The summed E-state index contributed by atoms with van der Waals surface area (Å²) in [5.41, 5.74) is -0.466.